The summed E-state index contributed by atoms with van der Waals surface area (Å²) in [5.41, 5.74) is 0. The first kappa shape index (κ1) is 14.6. The molecule has 0 N–H and O–H groups in total. The van der Waals surface area contributed by atoms with E-state index in [4.69, 9.17) is 11.6 Å². The van der Waals surface area contributed by atoms with Gasteiger partial charge in [-0.2, -0.15) is 4.31 Å². The Bertz CT molecular complexity index is 328. The summed E-state index contributed by atoms with van der Waals surface area (Å²) in [6.07, 6.45) is 11.2. The fourth-order valence-corrected chi connectivity index (χ4v) is 5.26. The molecule has 0 atom stereocenters. The summed E-state index contributed by atoms with van der Waals surface area (Å²) in [6, 6.07) is 0.427. The van der Waals surface area contributed by atoms with E-state index in [1.54, 1.807) is 4.31 Å². The second-order valence-corrected chi connectivity index (χ2v) is 8.09. The lowest BCUT2D eigenvalue weighted by Crippen LogP contribution is -2.49. The Labute approximate surface area is 116 Å². The summed E-state index contributed by atoms with van der Waals surface area (Å²) in [5.74, 6) is 0. The van der Waals surface area contributed by atoms with E-state index in [9.17, 15) is 8.42 Å². The summed E-state index contributed by atoms with van der Waals surface area (Å²) in [5, 5.41) is -0.264. The molecule has 0 unspecified atom stereocenters. The van der Waals surface area contributed by atoms with Crippen molar-refractivity contribution in [2.24, 2.45) is 0 Å². The standard InChI is InChI=1S/C13H24ClNO2S/c14-11-18(16,17)15(12-7-3-1-4-8-12)13-9-5-2-6-10-13/h12-13H,1-11H2. The zero-order valence-corrected chi connectivity index (χ0v) is 12.6. The van der Waals surface area contributed by atoms with E-state index in [1.165, 1.54) is 12.8 Å². The quantitative estimate of drug-likeness (QED) is 0.744. The summed E-state index contributed by atoms with van der Waals surface area (Å²) >= 11 is 5.70. The van der Waals surface area contributed by atoms with Gasteiger partial charge in [-0.1, -0.05) is 38.5 Å². The minimum atomic E-state index is -3.26. The van der Waals surface area contributed by atoms with Gasteiger partial charge >= 0.3 is 0 Å². The average Bonchev–Trinajstić information content (AvgIpc) is 2.41. The Morgan fingerprint density at radius 1 is 0.833 bits per heavy atom. The SMILES string of the molecule is O=S(=O)(CCl)N(C1CCCCC1)C1CCCCC1. The fourth-order valence-electron chi connectivity index (χ4n) is 3.48. The van der Waals surface area contributed by atoms with Gasteiger partial charge in [-0.25, -0.2) is 8.42 Å². The van der Waals surface area contributed by atoms with Crippen molar-refractivity contribution in [1.29, 1.82) is 0 Å². The van der Waals surface area contributed by atoms with Gasteiger partial charge in [-0.05, 0) is 25.7 Å². The molecule has 18 heavy (non-hydrogen) atoms. The molecule has 2 aliphatic rings. The van der Waals surface area contributed by atoms with Gasteiger partial charge in [-0.3, -0.25) is 0 Å². The van der Waals surface area contributed by atoms with Crippen LogP contribution in [-0.2, 0) is 10.0 Å². The number of alkyl halides is 1. The fraction of sp³-hybridized carbons (Fsp3) is 1.00. The Hall–Kier alpha value is 0.200. The summed E-state index contributed by atoms with van der Waals surface area (Å²) in [7, 11) is -3.26. The Kier molecular flexibility index (Phi) is 5.34. The van der Waals surface area contributed by atoms with Crippen LogP contribution in [0, 0.1) is 0 Å². The molecule has 0 aromatic rings. The minimum Gasteiger partial charge on any atom is -0.211 e. The molecular weight excluding hydrogens is 270 g/mol. The second-order valence-electron chi connectivity index (χ2n) is 5.63. The van der Waals surface area contributed by atoms with E-state index in [0.717, 1.165) is 51.4 Å². The van der Waals surface area contributed by atoms with Crippen molar-refractivity contribution >= 4 is 21.6 Å². The summed E-state index contributed by atoms with van der Waals surface area (Å²) < 4.78 is 26.4. The van der Waals surface area contributed by atoms with Gasteiger partial charge in [0.25, 0.3) is 0 Å². The van der Waals surface area contributed by atoms with Crippen LogP contribution in [0.3, 0.4) is 0 Å². The highest BCUT2D eigenvalue weighted by Crippen LogP contribution is 2.32. The highest BCUT2D eigenvalue weighted by molar-refractivity contribution is 7.90. The molecule has 2 aliphatic carbocycles. The molecular formula is C13H24ClNO2S. The molecule has 0 radical (unpaired) electrons. The molecule has 0 saturated heterocycles. The molecule has 0 heterocycles. The first-order valence-corrected chi connectivity index (χ1v) is 9.36. The van der Waals surface area contributed by atoms with Crippen LogP contribution in [0.5, 0.6) is 0 Å². The van der Waals surface area contributed by atoms with Gasteiger partial charge in [-0.15, -0.1) is 11.6 Å². The van der Waals surface area contributed by atoms with Crippen LogP contribution in [0.4, 0.5) is 0 Å². The minimum absolute atomic E-state index is 0.214. The molecule has 0 amide bonds. The highest BCUT2D eigenvalue weighted by Gasteiger charge is 2.36. The zero-order valence-electron chi connectivity index (χ0n) is 11.0. The number of nitrogens with zero attached hydrogens (tertiary/aromatic N) is 1. The van der Waals surface area contributed by atoms with Crippen LogP contribution in [0.2, 0.25) is 0 Å². The first-order chi connectivity index (χ1) is 8.65. The van der Waals surface area contributed by atoms with E-state index >= 15 is 0 Å². The molecule has 2 fully saturated rings. The van der Waals surface area contributed by atoms with Crippen molar-refractivity contribution < 1.29 is 8.42 Å². The van der Waals surface area contributed by atoms with Crippen molar-refractivity contribution in [3.05, 3.63) is 0 Å². The van der Waals surface area contributed by atoms with Crippen LogP contribution >= 0.6 is 11.6 Å². The van der Waals surface area contributed by atoms with Gasteiger partial charge < -0.3 is 0 Å². The maximum absolute atomic E-state index is 12.3. The van der Waals surface area contributed by atoms with E-state index in [0.29, 0.717) is 0 Å². The van der Waals surface area contributed by atoms with Crippen LogP contribution in [0.1, 0.15) is 64.2 Å². The number of halogens is 1. The molecule has 0 aliphatic heterocycles. The van der Waals surface area contributed by atoms with Crippen molar-refractivity contribution in [3.63, 3.8) is 0 Å². The van der Waals surface area contributed by atoms with E-state index < -0.39 is 10.0 Å². The first-order valence-electron chi connectivity index (χ1n) is 7.22. The van der Waals surface area contributed by atoms with Crippen LogP contribution in [0.15, 0.2) is 0 Å². The molecule has 0 bridgehead atoms. The molecule has 2 rings (SSSR count). The Morgan fingerprint density at radius 2 is 1.22 bits per heavy atom. The van der Waals surface area contributed by atoms with Crippen molar-refractivity contribution in [2.75, 3.05) is 5.21 Å². The highest BCUT2D eigenvalue weighted by atomic mass is 35.5. The van der Waals surface area contributed by atoms with E-state index in [1.807, 2.05) is 0 Å². The Morgan fingerprint density at radius 3 is 1.56 bits per heavy atom. The number of hydrogen-bond acceptors (Lipinski definition) is 2. The summed E-state index contributed by atoms with van der Waals surface area (Å²) in [6.45, 7) is 0. The van der Waals surface area contributed by atoms with Gasteiger partial charge in [0.1, 0.15) is 5.21 Å². The average molecular weight is 294 g/mol. The largest absolute Gasteiger partial charge is 0.228 e. The topological polar surface area (TPSA) is 37.4 Å². The smallest absolute Gasteiger partial charge is 0.211 e. The summed E-state index contributed by atoms with van der Waals surface area (Å²) in [4.78, 5) is 0. The lowest BCUT2D eigenvalue weighted by molar-refractivity contribution is 0.170. The normalized spacial score (nSPS) is 24.6. The molecule has 2 saturated carbocycles. The van der Waals surface area contributed by atoms with Gasteiger partial charge in [0.15, 0.2) is 0 Å². The zero-order chi connectivity index (χ0) is 13.0. The number of sulfonamides is 1. The molecule has 0 aromatic carbocycles. The van der Waals surface area contributed by atoms with E-state index in [2.05, 4.69) is 0 Å². The molecule has 0 spiro atoms. The van der Waals surface area contributed by atoms with Gasteiger partial charge in [0.2, 0.25) is 10.0 Å². The van der Waals surface area contributed by atoms with Gasteiger partial charge in [0.05, 0.1) is 0 Å². The Balaban J connectivity index is 2.15. The van der Waals surface area contributed by atoms with Crippen LogP contribution in [-0.4, -0.2) is 30.0 Å². The van der Waals surface area contributed by atoms with E-state index in [-0.39, 0.29) is 17.3 Å². The van der Waals surface area contributed by atoms with Crippen LogP contribution in [0.25, 0.3) is 0 Å². The number of hydrogen-bond donors (Lipinski definition) is 0. The molecule has 0 aromatic heterocycles. The molecule has 5 heteroatoms. The molecule has 106 valence electrons. The maximum Gasteiger partial charge on any atom is 0.228 e. The monoisotopic (exact) mass is 293 g/mol. The maximum atomic E-state index is 12.3. The molecule has 3 nitrogen and oxygen atoms in total. The van der Waals surface area contributed by atoms with Crippen molar-refractivity contribution in [1.82, 2.24) is 4.31 Å². The third-order valence-electron chi connectivity index (χ3n) is 4.33. The van der Waals surface area contributed by atoms with Gasteiger partial charge in [0, 0.05) is 12.1 Å². The predicted octanol–water partition coefficient (Wildman–Crippen LogP) is 3.48. The predicted molar refractivity (Wildman–Crippen MR) is 75.2 cm³/mol. The third kappa shape index (κ3) is 3.40. The van der Waals surface area contributed by atoms with Crippen molar-refractivity contribution in [2.45, 2.75) is 76.3 Å². The second kappa shape index (κ2) is 6.58. The van der Waals surface area contributed by atoms with Crippen molar-refractivity contribution in [3.8, 4) is 0 Å². The number of rotatable bonds is 4. The lowest BCUT2D eigenvalue weighted by atomic mass is 9.91. The van der Waals surface area contributed by atoms with Crippen LogP contribution < -0.4 is 0 Å². The third-order valence-corrected chi connectivity index (χ3v) is 6.67. The lowest BCUT2D eigenvalue weighted by Gasteiger charge is -2.40.